The monoisotopic (exact) mass is 464 g/mol. The van der Waals surface area contributed by atoms with E-state index in [1.54, 1.807) is 24.5 Å². The summed E-state index contributed by atoms with van der Waals surface area (Å²) in [5.74, 6) is -2.21. The second-order valence-electron chi connectivity index (χ2n) is 7.57. The SMILES string of the molecule is CS(=O)(=O)CCC(NC(=O)c1ccc(/C=C/c2cccnc2)cc1-c1ccccc1)C(=O)O. The summed E-state index contributed by atoms with van der Waals surface area (Å²) < 4.78 is 22.9. The molecule has 1 heterocycles. The van der Waals surface area contributed by atoms with Crippen LogP contribution < -0.4 is 5.32 Å². The number of benzene rings is 2. The minimum Gasteiger partial charge on any atom is -0.480 e. The molecule has 7 nitrogen and oxygen atoms in total. The minimum absolute atomic E-state index is 0.216. The summed E-state index contributed by atoms with van der Waals surface area (Å²) in [6.45, 7) is 0. The summed E-state index contributed by atoms with van der Waals surface area (Å²) >= 11 is 0. The minimum atomic E-state index is -3.37. The summed E-state index contributed by atoms with van der Waals surface area (Å²) in [5.41, 5.74) is 3.50. The third-order valence-corrected chi connectivity index (χ3v) is 5.88. The first-order valence-corrected chi connectivity index (χ1v) is 12.3. The van der Waals surface area contributed by atoms with Crippen LogP contribution in [0.5, 0.6) is 0 Å². The second-order valence-corrected chi connectivity index (χ2v) is 9.83. The smallest absolute Gasteiger partial charge is 0.326 e. The van der Waals surface area contributed by atoms with Crippen molar-refractivity contribution in [1.29, 1.82) is 0 Å². The van der Waals surface area contributed by atoms with Crippen LogP contribution in [0.4, 0.5) is 0 Å². The Kier molecular flexibility index (Phi) is 7.74. The van der Waals surface area contributed by atoms with Gasteiger partial charge in [0.05, 0.1) is 5.75 Å². The number of carbonyl (C=O) groups excluding carboxylic acids is 1. The Morgan fingerprint density at radius 2 is 1.76 bits per heavy atom. The first-order valence-electron chi connectivity index (χ1n) is 10.2. The third-order valence-electron chi connectivity index (χ3n) is 4.91. The van der Waals surface area contributed by atoms with Crippen LogP contribution in [0.3, 0.4) is 0 Å². The van der Waals surface area contributed by atoms with Gasteiger partial charge in [0.2, 0.25) is 0 Å². The van der Waals surface area contributed by atoms with E-state index in [4.69, 9.17) is 0 Å². The van der Waals surface area contributed by atoms with Crippen LogP contribution in [0.1, 0.15) is 27.9 Å². The van der Waals surface area contributed by atoms with Crippen molar-refractivity contribution >= 4 is 33.9 Å². The van der Waals surface area contributed by atoms with E-state index in [9.17, 15) is 23.1 Å². The Bertz CT molecular complexity index is 1260. The fraction of sp³-hybridized carbons (Fsp3) is 0.160. The Morgan fingerprint density at radius 3 is 2.39 bits per heavy atom. The van der Waals surface area contributed by atoms with Gasteiger partial charge >= 0.3 is 5.97 Å². The number of carboxylic acids is 1. The van der Waals surface area contributed by atoms with Gasteiger partial charge in [0.15, 0.2) is 0 Å². The number of carbonyl (C=O) groups is 2. The number of aromatic nitrogens is 1. The van der Waals surface area contributed by atoms with Crippen LogP contribution in [0.15, 0.2) is 73.1 Å². The van der Waals surface area contributed by atoms with E-state index in [-0.39, 0.29) is 12.2 Å². The molecule has 0 spiro atoms. The van der Waals surface area contributed by atoms with Crippen molar-refractivity contribution in [3.8, 4) is 11.1 Å². The predicted molar refractivity (Wildman–Crippen MR) is 128 cm³/mol. The Morgan fingerprint density at radius 1 is 1.03 bits per heavy atom. The molecule has 0 aliphatic heterocycles. The van der Waals surface area contributed by atoms with Crippen molar-refractivity contribution in [1.82, 2.24) is 10.3 Å². The van der Waals surface area contributed by atoms with Crippen molar-refractivity contribution in [2.75, 3.05) is 12.0 Å². The molecule has 0 saturated heterocycles. The number of amides is 1. The highest BCUT2D eigenvalue weighted by Crippen LogP contribution is 2.26. The highest BCUT2D eigenvalue weighted by molar-refractivity contribution is 7.90. The van der Waals surface area contributed by atoms with Crippen LogP contribution in [0.25, 0.3) is 23.3 Å². The van der Waals surface area contributed by atoms with Crippen molar-refractivity contribution in [2.45, 2.75) is 12.5 Å². The molecule has 3 aromatic rings. The quantitative estimate of drug-likeness (QED) is 0.501. The molecule has 1 unspecified atom stereocenters. The van der Waals surface area contributed by atoms with E-state index >= 15 is 0 Å². The highest BCUT2D eigenvalue weighted by Gasteiger charge is 2.23. The third kappa shape index (κ3) is 7.11. The number of hydrogen-bond donors (Lipinski definition) is 2. The molecule has 0 fully saturated rings. The molecule has 8 heteroatoms. The maximum Gasteiger partial charge on any atom is 0.326 e. The van der Waals surface area contributed by atoms with E-state index in [0.29, 0.717) is 11.1 Å². The van der Waals surface area contributed by atoms with Gasteiger partial charge in [-0.25, -0.2) is 13.2 Å². The van der Waals surface area contributed by atoms with Gasteiger partial charge < -0.3 is 10.4 Å². The molecule has 0 saturated carbocycles. The van der Waals surface area contributed by atoms with Crippen molar-refractivity contribution in [2.24, 2.45) is 0 Å². The molecule has 0 aliphatic rings. The molecule has 1 aromatic heterocycles. The van der Waals surface area contributed by atoms with Gasteiger partial charge in [-0.2, -0.15) is 0 Å². The molecule has 3 rings (SSSR count). The molecule has 0 radical (unpaired) electrons. The first-order chi connectivity index (χ1) is 15.7. The first kappa shape index (κ1) is 23.9. The molecule has 0 aliphatic carbocycles. The molecule has 170 valence electrons. The number of carboxylic acid groups (broad SMARTS) is 1. The van der Waals surface area contributed by atoms with Gasteiger partial charge in [-0.3, -0.25) is 9.78 Å². The van der Waals surface area contributed by atoms with Gasteiger partial charge in [0.25, 0.3) is 5.91 Å². The fourth-order valence-corrected chi connectivity index (χ4v) is 3.88. The van der Waals surface area contributed by atoms with Crippen LogP contribution in [-0.4, -0.2) is 48.4 Å². The number of hydrogen-bond acceptors (Lipinski definition) is 5. The Hall–Kier alpha value is -3.78. The zero-order chi connectivity index (χ0) is 23.8. The summed E-state index contributed by atoms with van der Waals surface area (Å²) in [6.07, 6.45) is 8.04. The molecule has 33 heavy (non-hydrogen) atoms. The van der Waals surface area contributed by atoms with Crippen molar-refractivity contribution < 1.29 is 23.1 Å². The summed E-state index contributed by atoms with van der Waals surface area (Å²) in [4.78, 5) is 28.7. The zero-order valence-electron chi connectivity index (χ0n) is 18.0. The Labute approximate surface area is 192 Å². The van der Waals surface area contributed by atoms with Crippen molar-refractivity contribution in [3.05, 3.63) is 89.7 Å². The summed E-state index contributed by atoms with van der Waals surface area (Å²) in [5, 5.41) is 11.9. The maximum atomic E-state index is 13.0. The summed E-state index contributed by atoms with van der Waals surface area (Å²) in [7, 11) is -3.37. The number of nitrogens with one attached hydrogen (secondary N) is 1. The number of nitrogens with zero attached hydrogens (tertiary/aromatic N) is 1. The van der Waals surface area contributed by atoms with Crippen molar-refractivity contribution in [3.63, 3.8) is 0 Å². The van der Waals surface area contributed by atoms with E-state index in [1.165, 1.54) is 0 Å². The lowest BCUT2D eigenvalue weighted by atomic mass is 9.96. The maximum absolute atomic E-state index is 13.0. The van der Waals surface area contributed by atoms with Crippen LogP contribution >= 0.6 is 0 Å². The highest BCUT2D eigenvalue weighted by atomic mass is 32.2. The average molecular weight is 465 g/mol. The van der Waals surface area contributed by atoms with E-state index in [0.717, 1.165) is 22.9 Å². The molecule has 2 aromatic carbocycles. The number of pyridine rings is 1. The molecule has 1 atom stereocenters. The lowest BCUT2D eigenvalue weighted by Gasteiger charge is -2.16. The Balaban J connectivity index is 1.92. The molecule has 1 amide bonds. The average Bonchev–Trinajstić information content (AvgIpc) is 2.80. The number of rotatable bonds is 9. The molecule has 0 bridgehead atoms. The van der Waals surface area contributed by atoms with Gasteiger partial charge in [-0.05, 0) is 46.9 Å². The number of sulfone groups is 1. The van der Waals surface area contributed by atoms with Gasteiger partial charge in [-0.15, -0.1) is 0 Å². The second kappa shape index (κ2) is 10.7. The van der Waals surface area contributed by atoms with Crippen LogP contribution in [-0.2, 0) is 14.6 Å². The lowest BCUT2D eigenvalue weighted by Crippen LogP contribution is -2.42. The lowest BCUT2D eigenvalue weighted by molar-refractivity contribution is -0.139. The van der Waals surface area contributed by atoms with Crippen LogP contribution in [0.2, 0.25) is 0 Å². The van der Waals surface area contributed by atoms with E-state index in [2.05, 4.69) is 10.3 Å². The largest absolute Gasteiger partial charge is 0.480 e. The van der Waals surface area contributed by atoms with Gasteiger partial charge in [0.1, 0.15) is 15.9 Å². The zero-order valence-corrected chi connectivity index (χ0v) is 18.8. The normalized spacial score (nSPS) is 12.4. The van der Waals surface area contributed by atoms with Gasteiger partial charge in [0, 0.05) is 24.2 Å². The molecule has 2 N–H and O–H groups in total. The topological polar surface area (TPSA) is 113 Å². The van der Waals surface area contributed by atoms with E-state index in [1.807, 2.05) is 60.7 Å². The molecular formula is C25H24N2O5S. The van der Waals surface area contributed by atoms with Crippen LogP contribution in [0, 0.1) is 0 Å². The summed E-state index contributed by atoms with van der Waals surface area (Å²) in [6, 6.07) is 17.0. The standard InChI is InChI=1S/C25H24N2O5S/c1-33(31,32)15-13-23(25(29)30)27-24(28)21-12-11-18(9-10-19-6-5-14-26-17-19)16-22(21)20-7-3-2-4-8-20/h2-12,14,16-17,23H,13,15H2,1H3,(H,27,28)(H,29,30)/b10-9+. The fourth-order valence-electron chi connectivity index (χ4n) is 3.21. The predicted octanol–water partition coefficient (Wildman–Crippen LogP) is 3.54. The molecular weight excluding hydrogens is 440 g/mol. The van der Waals surface area contributed by atoms with E-state index < -0.39 is 27.8 Å². The number of aliphatic carboxylic acids is 1. The van der Waals surface area contributed by atoms with Gasteiger partial charge in [-0.1, -0.05) is 54.6 Å².